The number of aliphatic imine (C=N–C) groups is 1. The van der Waals surface area contributed by atoms with Gasteiger partial charge in [-0.3, -0.25) is 0 Å². The minimum absolute atomic E-state index is 0.712. The molecule has 0 unspecified atom stereocenters. The van der Waals surface area contributed by atoms with Crippen LogP contribution >= 0.6 is 35.6 Å². The summed E-state index contributed by atoms with van der Waals surface area (Å²) in [4.78, 5) is 4.65. The molecule has 2 aromatic carbocycles. The molecule has 0 saturated carbocycles. The fraction of sp³-hybridized carbons (Fsp3) is 0.0667. The van der Waals surface area contributed by atoms with E-state index in [1.165, 1.54) is 0 Å². The van der Waals surface area contributed by atoms with Crippen LogP contribution in [0.2, 0.25) is 5.02 Å². The molecule has 1 nitrogen and oxygen atoms in total. The van der Waals surface area contributed by atoms with Crippen LogP contribution in [0.25, 0.3) is 0 Å². The highest BCUT2D eigenvalue weighted by molar-refractivity contribution is 8.13. The second-order valence-corrected chi connectivity index (χ2v) is 5.27. The van der Waals surface area contributed by atoms with Gasteiger partial charge in [-0.15, -0.1) is 11.8 Å². The molecule has 0 atom stereocenters. The van der Waals surface area contributed by atoms with Crippen LogP contribution in [0.5, 0.6) is 0 Å². The Labute approximate surface area is 127 Å². The summed E-state index contributed by atoms with van der Waals surface area (Å²) in [6.07, 6.45) is 2.01. The summed E-state index contributed by atoms with van der Waals surface area (Å²) in [5.74, 6) is 0. The third-order valence-electron chi connectivity index (χ3n) is 2.57. The van der Waals surface area contributed by atoms with Crippen molar-refractivity contribution in [1.82, 2.24) is 0 Å². The molecule has 0 spiro atoms. The summed E-state index contributed by atoms with van der Waals surface area (Å²) < 4.78 is 0. The smallest absolute Gasteiger partial charge is 0.104 e. The normalized spacial score (nSPS) is 11.4. The third-order valence-corrected chi connectivity index (χ3v) is 3.77. The summed E-state index contributed by atoms with van der Waals surface area (Å²) in [7, 11) is 0. The molecular formula is C15H12ClNS2. The van der Waals surface area contributed by atoms with Gasteiger partial charge in [0.2, 0.25) is 0 Å². The molecule has 4 heteroatoms. The van der Waals surface area contributed by atoms with Crippen molar-refractivity contribution in [3.63, 3.8) is 0 Å². The van der Waals surface area contributed by atoms with E-state index in [1.807, 2.05) is 54.8 Å². The van der Waals surface area contributed by atoms with Gasteiger partial charge in [-0.2, -0.15) is 0 Å². The molecule has 0 saturated heterocycles. The van der Waals surface area contributed by atoms with Crippen molar-refractivity contribution in [2.24, 2.45) is 4.99 Å². The standard InChI is InChI=1S/C15H12ClNS2/c1-19-15(14-5-3-2-4-11(14)10-18)17-13-8-6-12(16)7-9-13/h2-10H,1H3. The first kappa shape index (κ1) is 14.3. The lowest BCUT2D eigenvalue weighted by atomic mass is 10.1. The highest BCUT2D eigenvalue weighted by Crippen LogP contribution is 2.22. The lowest BCUT2D eigenvalue weighted by Gasteiger charge is -2.07. The highest BCUT2D eigenvalue weighted by Gasteiger charge is 2.06. The lowest BCUT2D eigenvalue weighted by Crippen LogP contribution is -1.99. The topological polar surface area (TPSA) is 12.4 Å². The van der Waals surface area contributed by atoms with Gasteiger partial charge in [-0.25, -0.2) is 4.99 Å². The van der Waals surface area contributed by atoms with E-state index < -0.39 is 0 Å². The fourth-order valence-corrected chi connectivity index (χ4v) is 2.58. The van der Waals surface area contributed by atoms with Crippen molar-refractivity contribution in [3.05, 3.63) is 64.7 Å². The predicted molar refractivity (Wildman–Crippen MR) is 90.4 cm³/mol. The summed E-state index contributed by atoms with van der Waals surface area (Å²) >= 11 is 12.5. The molecule has 0 aliphatic heterocycles. The number of benzene rings is 2. The van der Waals surface area contributed by atoms with E-state index >= 15 is 0 Å². The molecule has 0 bridgehead atoms. The SMILES string of the molecule is CSC(=Nc1ccc(Cl)cc1)c1ccccc1C=S. The van der Waals surface area contributed by atoms with Crippen LogP contribution in [0.15, 0.2) is 53.5 Å². The number of halogens is 1. The van der Waals surface area contributed by atoms with Gasteiger partial charge in [0.1, 0.15) is 5.04 Å². The molecule has 2 rings (SSSR count). The Bertz CT molecular complexity index is 606. The van der Waals surface area contributed by atoms with Gasteiger partial charge in [0, 0.05) is 16.0 Å². The predicted octanol–water partition coefficient (Wildman–Crippen LogP) is 5.13. The van der Waals surface area contributed by atoms with E-state index in [4.69, 9.17) is 23.8 Å². The first-order valence-corrected chi connectivity index (χ1v) is 7.75. The zero-order chi connectivity index (χ0) is 13.7. The van der Waals surface area contributed by atoms with E-state index in [2.05, 4.69) is 4.99 Å². The van der Waals surface area contributed by atoms with Gasteiger partial charge >= 0.3 is 0 Å². The Balaban J connectivity index is 2.44. The Morgan fingerprint density at radius 3 is 2.47 bits per heavy atom. The van der Waals surface area contributed by atoms with Gasteiger partial charge in [0.25, 0.3) is 0 Å². The molecule has 0 radical (unpaired) electrons. The van der Waals surface area contributed by atoms with E-state index in [0.29, 0.717) is 5.02 Å². The summed E-state index contributed by atoms with van der Waals surface area (Å²) in [5.41, 5.74) is 2.95. The summed E-state index contributed by atoms with van der Waals surface area (Å²) in [6, 6.07) is 15.5. The molecule has 0 fully saturated rings. The van der Waals surface area contributed by atoms with E-state index in [1.54, 1.807) is 17.1 Å². The molecule has 0 aromatic heterocycles. The Morgan fingerprint density at radius 2 is 1.84 bits per heavy atom. The number of rotatable bonds is 3. The number of nitrogens with zero attached hydrogens (tertiary/aromatic N) is 1. The van der Waals surface area contributed by atoms with Gasteiger partial charge in [0.05, 0.1) is 5.69 Å². The van der Waals surface area contributed by atoms with Crippen molar-refractivity contribution in [3.8, 4) is 0 Å². The minimum atomic E-state index is 0.712. The summed E-state index contributed by atoms with van der Waals surface area (Å²) in [5, 5.41) is 3.34. The monoisotopic (exact) mass is 305 g/mol. The number of thioether (sulfide) groups is 1. The van der Waals surface area contributed by atoms with E-state index in [-0.39, 0.29) is 0 Å². The molecule has 19 heavy (non-hydrogen) atoms. The number of hydrogen-bond donors (Lipinski definition) is 0. The van der Waals surface area contributed by atoms with Crippen LogP contribution in [0, 0.1) is 0 Å². The minimum Gasteiger partial charge on any atom is -0.241 e. The van der Waals surface area contributed by atoms with Crippen LogP contribution in [-0.2, 0) is 0 Å². The lowest BCUT2D eigenvalue weighted by molar-refractivity contribution is 1.51. The first-order valence-electron chi connectivity index (χ1n) is 5.67. The maximum absolute atomic E-state index is 5.87. The quantitative estimate of drug-likeness (QED) is 0.443. The van der Waals surface area contributed by atoms with Crippen LogP contribution < -0.4 is 0 Å². The van der Waals surface area contributed by atoms with Crippen molar-refractivity contribution in [2.45, 2.75) is 0 Å². The molecule has 96 valence electrons. The maximum atomic E-state index is 5.87. The molecule has 0 heterocycles. The Kier molecular flexibility index (Phi) is 5.14. The van der Waals surface area contributed by atoms with Crippen LogP contribution in [0.4, 0.5) is 5.69 Å². The number of thiocarbonyl (C=S) groups is 1. The van der Waals surface area contributed by atoms with Crippen molar-refractivity contribution >= 4 is 51.7 Å². The molecular weight excluding hydrogens is 294 g/mol. The van der Waals surface area contributed by atoms with Gasteiger partial charge < -0.3 is 0 Å². The second kappa shape index (κ2) is 6.85. The van der Waals surface area contributed by atoms with Crippen molar-refractivity contribution in [1.29, 1.82) is 0 Å². The Hall–Kier alpha value is -1.16. The Morgan fingerprint density at radius 1 is 1.16 bits per heavy atom. The average Bonchev–Trinajstić information content (AvgIpc) is 2.46. The maximum Gasteiger partial charge on any atom is 0.104 e. The molecule has 0 aliphatic rings. The van der Waals surface area contributed by atoms with Crippen LogP contribution in [0.1, 0.15) is 11.1 Å². The van der Waals surface area contributed by atoms with Crippen LogP contribution in [-0.4, -0.2) is 16.7 Å². The fourth-order valence-electron chi connectivity index (χ4n) is 1.64. The average molecular weight is 306 g/mol. The van der Waals surface area contributed by atoms with Gasteiger partial charge in [0.15, 0.2) is 0 Å². The summed E-state index contributed by atoms with van der Waals surface area (Å²) in [6.45, 7) is 0. The van der Waals surface area contributed by atoms with E-state index in [9.17, 15) is 0 Å². The third kappa shape index (κ3) is 3.66. The molecule has 2 aromatic rings. The highest BCUT2D eigenvalue weighted by atomic mass is 35.5. The molecule has 0 amide bonds. The molecule has 0 N–H and O–H groups in total. The largest absolute Gasteiger partial charge is 0.241 e. The van der Waals surface area contributed by atoms with E-state index in [0.717, 1.165) is 21.9 Å². The zero-order valence-electron chi connectivity index (χ0n) is 10.3. The zero-order valence-corrected chi connectivity index (χ0v) is 12.7. The van der Waals surface area contributed by atoms with Crippen molar-refractivity contribution < 1.29 is 0 Å². The van der Waals surface area contributed by atoms with Crippen molar-refractivity contribution in [2.75, 3.05) is 6.26 Å². The number of hydrogen-bond acceptors (Lipinski definition) is 3. The van der Waals surface area contributed by atoms with Gasteiger partial charge in [-0.05, 0) is 36.1 Å². The van der Waals surface area contributed by atoms with Gasteiger partial charge in [-0.1, -0.05) is 48.1 Å². The molecule has 0 aliphatic carbocycles. The first-order chi connectivity index (χ1) is 9.24. The second-order valence-electron chi connectivity index (χ2n) is 3.80. The van der Waals surface area contributed by atoms with Crippen LogP contribution in [0.3, 0.4) is 0 Å².